The van der Waals surface area contributed by atoms with E-state index >= 15 is 0 Å². The first-order chi connectivity index (χ1) is 9.91. The Morgan fingerprint density at radius 3 is 2.52 bits per heavy atom. The summed E-state index contributed by atoms with van der Waals surface area (Å²) in [7, 11) is -2.20. The largest absolute Gasteiger partial charge is 0.495 e. The molecule has 0 saturated carbocycles. The van der Waals surface area contributed by atoms with Gasteiger partial charge >= 0.3 is 0 Å². The molecule has 112 valence electrons. The highest BCUT2D eigenvalue weighted by Gasteiger charge is 2.12. The van der Waals surface area contributed by atoms with Crippen molar-refractivity contribution in [2.45, 2.75) is 18.4 Å². The van der Waals surface area contributed by atoms with E-state index in [-0.39, 0.29) is 4.90 Å². The summed E-state index contributed by atoms with van der Waals surface area (Å²) in [4.78, 5) is 0.0515. The van der Waals surface area contributed by atoms with E-state index in [2.05, 4.69) is 5.32 Å². The Hall–Kier alpha value is -2.05. The summed E-state index contributed by atoms with van der Waals surface area (Å²) in [6.07, 6.45) is 0. The molecule has 0 spiro atoms. The Morgan fingerprint density at radius 2 is 1.90 bits per heavy atom. The second kappa shape index (κ2) is 6.15. The van der Waals surface area contributed by atoms with Crippen LogP contribution in [-0.2, 0) is 16.6 Å². The molecule has 0 atom stereocenters. The van der Waals surface area contributed by atoms with Crippen LogP contribution in [0.4, 0.5) is 5.69 Å². The summed E-state index contributed by atoms with van der Waals surface area (Å²) in [6.45, 7) is 2.59. The molecule has 0 radical (unpaired) electrons. The molecule has 21 heavy (non-hydrogen) atoms. The van der Waals surface area contributed by atoms with Crippen molar-refractivity contribution in [1.82, 2.24) is 0 Å². The molecule has 2 aromatic carbocycles. The molecule has 0 unspecified atom stereocenters. The predicted octanol–water partition coefficient (Wildman–Crippen LogP) is 2.26. The van der Waals surface area contributed by atoms with Crippen molar-refractivity contribution in [2.24, 2.45) is 5.14 Å². The van der Waals surface area contributed by atoms with Crippen LogP contribution in [0.15, 0.2) is 47.4 Å². The topological polar surface area (TPSA) is 81.4 Å². The van der Waals surface area contributed by atoms with Crippen molar-refractivity contribution in [3.63, 3.8) is 0 Å². The number of nitrogens with two attached hydrogens (primary N) is 1. The number of hydrogen-bond donors (Lipinski definition) is 2. The van der Waals surface area contributed by atoms with Gasteiger partial charge < -0.3 is 10.1 Å². The van der Waals surface area contributed by atoms with E-state index in [0.717, 1.165) is 11.1 Å². The van der Waals surface area contributed by atoms with Crippen LogP contribution >= 0.6 is 0 Å². The molecular weight excluding hydrogens is 288 g/mol. The number of nitrogens with one attached hydrogen (secondary N) is 1. The van der Waals surface area contributed by atoms with E-state index < -0.39 is 10.0 Å². The molecule has 3 N–H and O–H groups in total. The number of benzene rings is 2. The summed E-state index contributed by atoms with van der Waals surface area (Å²) in [5.41, 5.74) is 2.87. The number of hydrogen-bond acceptors (Lipinski definition) is 4. The van der Waals surface area contributed by atoms with Gasteiger partial charge in [0.15, 0.2) is 0 Å². The number of ether oxygens (including phenoxy) is 1. The van der Waals surface area contributed by atoms with Gasteiger partial charge in [0, 0.05) is 6.54 Å². The number of anilines is 1. The number of aryl methyl sites for hydroxylation is 1. The molecule has 0 saturated heterocycles. The molecule has 5 nitrogen and oxygen atoms in total. The second-order valence-electron chi connectivity index (χ2n) is 4.69. The molecule has 0 aliphatic heterocycles. The standard InChI is InChI=1S/C15H18N2O3S/c1-11-5-3-4-6-12(11)10-17-14-9-13(21(16,18)19)7-8-15(14)20-2/h3-9,17H,10H2,1-2H3,(H2,16,18,19). The van der Waals surface area contributed by atoms with E-state index in [1.807, 2.05) is 31.2 Å². The molecular formula is C15H18N2O3S. The van der Waals surface area contributed by atoms with Crippen LogP contribution in [-0.4, -0.2) is 15.5 Å². The van der Waals surface area contributed by atoms with E-state index in [4.69, 9.17) is 9.88 Å². The summed E-state index contributed by atoms with van der Waals surface area (Å²) in [5.74, 6) is 0.566. The first-order valence-electron chi connectivity index (χ1n) is 6.41. The zero-order valence-electron chi connectivity index (χ0n) is 12.0. The maximum Gasteiger partial charge on any atom is 0.238 e. The lowest BCUT2D eigenvalue weighted by Gasteiger charge is -2.13. The third-order valence-corrected chi connectivity index (χ3v) is 4.14. The molecule has 0 aliphatic rings. The average Bonchev–Trinajstić information content (AvgIpc) is 2.45. The lowest BCUT2D eigenvalue weighted by atomic mass is 10.1. The first-order valence-corrected chi connectivity index (χ1v) is 7.95. The fraction of sp³-hybridized carbons (Fsp3) is 0.200. The molecule has 2 aromatic rings. The maximum absolute atomic E-state index is 11.4. The lowest BCUT2D eigenvalue weighted by molar-refractivity contribution is 0.416. The molecule has 0 amide bonds. The number of rotatable bonds is 5. The molecule has 0 bridgehead atoms. The van der Waals surface area contributed by atoms with Crippen LogP contribution in [0.5, 0.6) is 5.75 Å². The van der Waals surface area contributed by atoms with Gasteiger partial charge in [-0.25, -0.2) is 13.6 Å². The Labute approximate surface area is 124 Å². The Bertz CT molecular complexity index is 742. The Balaban J connectivity index is 2.28. The van der Waals surface area contributed by atoms with Crippen molar-refractivity contribution < 1.29 is 13.2 Å². The van der Waals surface area contributed by atoms with Crippen LogP contribution in [0.2, 0.25) is 0 Å². The fourth-order valence-corrected chi connectivity index (χ4v) is 2.54. The van der Waals surface area contributed by atoms with Gasteiger partial charge in [-0.05, 0) is 36.2 Å². The molecule has 2 rings (SSSR count). The van der Waals surface area contributed by atoms with E-state index in [0.29, 0.717) is 18.0 Å². The quantitative estimate of drug-likeness (QED) is 0.888. The normalized spacial score (nSPS) is 11.2. The predicted molar refractivity (Wildman–Crippen MR) is 82.9 cm³/mol. The zero-order chi connectivity index (χ0) is 15.5. The Kier molecular flexibility index (Phi) is 4.50. The number of methoxy groups -OCH3 is 1. The third-order valence-electron chi connectivity index (χ3n) is 3.23. The van der Waals surface area contributed by atoms with E-state index in [1.165, 1.54) is 19.2 Å². The third kappa shape index (κ3) is 3.74. The lowest BCUT2D eigenvalue weighted by Crippen LogP contribution is -2.13. The van der Waals surface area contributed by atoms with E-state index in [9.17, 15) is 8.42 Å². The maximum atomic E-state index is 11.4. The SMILES string of the molecule is COc1ccc(S(N)(=O)=O)cc1NCc1ccccc1C. The van der Waals surface area contributed by atoms with Crippen LogP contribution in [0.25, 0.3) is 0 Å². The first kappa shape index (κ1) is 15.3. The van der Waals surface area contributed by atoms with Gasteiger partial charge in [-0.2, -0.15) is 0 Å². The number of sulfonamides is 1. The van der Waals surface area contributed by atoms with Crippen molar-refractivity contribution in [2.75, 3.05) is 12.4 Å². The van der Waals surface area contributed by atoms with Crippen molar-refractivity contribution in [3.05, 3.63) is 53.6 Å². The summed E-state index contributed by atoms with van der Waals surface area (Å²) in [6, 6.07) is 12.5. The van der Waals surface area contributed by atoms with Gasteiger partial charge in [-0.1, -0.05) is 24.3 Å². The molecule has 0 aliphatic carbocycles. The van der Waals surface area contributed by atoms with E-state index in [1.54, 1.807) is 6.07 Å². The highest BCUT2D eigenvalue weighted by Crippen LogP contribution is 2.27. The van der Waals surface area contributed by atoms with Crippen LogP contribution < -0.4 is 15.2 Å². The summed E-state index contributed by atoms with van der Waals surface area (Å²) >= 11 is 0. The molecule has 0 heterocycles. The zero-order valence-corrected chi connectivity index (χ0v) is 12.8. The fourth-order valence-electron chi connectivity index (χ4n) is 2.00. The van der Waals surface area contributed by atoms with Gasteiger partial charge in [-0.15, -0.1) is 0 Å². The second-order valence-corrected chi connectivity index (χ2v) is 6.25. The monoisotopic (exact) mass is 306 g/mol. The van der Waals surface area contributed by atoms with Gasteiger partial charge in [-0.3, -0.25) is 0 Å². The Morgan fingerprint density at radius 1 is 1.19 bits per heavy atom. The smallest absolute Gasteiger partial charge is 0.238 e. The highest BCUT2D eigenvalue weighted by molar-refractivity contribution is 7.89. The van der Waals surface area contributed by atoms with Crippen LogP contribution in [0, 0.1) is 6.92 Å². The van der Waals surface area contributed by atoms with Gasteiger partial charge in [0.25, 0.3) is 0 Å². The molecule has 0 aromatic heterocycles. The van der Waals surface area contributed by atoms with Crippen LogP contribution in [0.1, 0.15) is 11.1 Å². The summed E-state index contributed by atoms with van der Waals surface area (Å²) < 4.78 is 28.1. The van der Waals surface area contributed by atoms with Crippen molar-refractivity contribution in [3.8, 4) is 5.75 Å². The van der Waals surface area contributed by atoms with Gasteiger partial charge in [0.2, 0.25) is 10.0 Å². The van der Waals surface area contributed by atoms with Crippen LogP contribution in [0.3, 0.4) is 0 Å². The minimum atomic E-state index is -3.74. The van der Waals surface area contributed by atoms with Crippen molar-refractivity contribution >= 4 is 15.7 Å². The summed E-state index contributed by atoms with van der Waals surface area (Å²) in [5, 5.41) is 8.34. The highest BCUT2D eigenvalue weighted by atomic mass is 32.2. The minimum Gasteiger partial charge on any atom is -0.495 e. The van der Waals surface area contributed by atoms with Gasteiger partial charge in [0.1, 0.15) is 5.75 Å². The average molecular weight is 306 g/mol. The number of primary sulfonamides is 1. The molecule has 0 fully saturated rings. The van der Waals surface area contributed by atoms with Gasteiger partial charge in [0.05, 0.1) is 17.7 Å². The molecule has 6 heteroatoms. The minimum absolute atomic E-state index is 0.0515. The van der Waals surface area contributed by atoms with Crippen molar-refractivity contribution in [1.29, 1.82) is 0 Å².